The Morgan fingerprint density at radius 3 is 2.80 bits per heavy atom. The summed E-state index contributed by atoms with van der Waals surface area (Å²) in [7, 11) is 1.89. The summed E-state index contributed by atoms with van der Waals surface area (Å²) in [6.07, 6.45) is 1.43. The van der Waals surface area contributed by atoms with E-state index in [4.69, 9.17) is 13.9 Å². The summed E-state index contributed by atoms with van der Waals surface area (Å²) >= 11 is 1.37. The van der Waals surface area contributed by atoms with Gasteiger partial charge in [-0.25, -0.2) is 0 Å². The van der Waals surface area contributed by atoms with Crippen molar-refractivity contribution in [3.63, 3.8) is 0 Å². The molecule has 9 heteroatoms. The molecular weight excluding hydrogens is 404 g/mol. The van der Waals surface area contributed by atoms with E-state index < -0.39 is 0 Å². The Morgan fingerprint density at radius 2 is 2.07 bits per heavy atom. The maximum absolute atomic E-state index is 12.8. The second-order valence-corrected chi connectivity index (χ2v) is 7.92. The van der Waals surface area contributed by atoms with E-state index in [1.807, 2.05) is 55.8 Å². The van der Waals surface area contributed by atoms with Gasteiger partial charge >= 0.3 is 0 Å². The lowest BCUT2D eigenvalue weighted by molar-refractivity contribution is -0.129. The number of fused-ring (bicyclic) bond motifs is 1. The molecule has 2 aromatic heterocycles. The summed E-state index contributed by atoms with van der Waals surface area (Å²) in [5, 5.41) is 9.16. The van der Waals surface area contributed by atoms with Crippen LogP contribution in [-0.4, -0.2) is 57.1 Å². The molecule has 3 aromatic rings. The van der Waals surface area contributed by atoms with E-state index in [-0.39, 0.29) is 17.8 Å². The topological polar surface area (TPSA) is 82.6 Å². The monoisotopic (exact) mass is 428 g/mol. The van der Waals surface area contributed by atoms with Crippen LogP contribution in [0, 0.1) is 6.92 Å². The lowest BCUT2D eigenvalue weighted by atomic mass is 10.2. The third-order valence-electron chi connectivity index (χ3n) is 4.99. The Hall–Kier alpha value is -2.94. The summed E-state index contributed by atoms with van der Waals surface area (Å²) < 4.78 is 19.0. The lowest BCUT2D eigenvalue weighted by Gasteiger charge is -2.30. The zero-order valence-corrected chi connectivity index (χ0v) is 18.0. The van der Waals surface area contributed by atoms with Crippen LogP contribution in [0.3, 0.4) is 0 Å². The molecule has 1 aromatic carbocycles. The first-order chi connectivity index (χ1) is 14.6. The van der Waals surface area contributed by atoms with E-state index in [1.165, 1.54) is 11.8 Å². The van der Waals surface area contributed by atoms with Crippen molar-refractivity contribution in [2.45, 2.75) is 25.1 Å². The summed E-state index contributed by atoms with van der Waals surface area (Å²) in [6, 6.07) is 9.44. The third kappa shape index (κ3) is 4.16. The summed E-state index contributed by atoms with van der Waals surface area (Å²) in [4.78, 5) is 14.6. The van der Waals surface area contributed by atoms with Crippen molar-refractivity contribution in [1.29, 1.82) is 0 Å². The number of carbonyl (C=O) groups excluding carboxylic acids is 1. The van der Waals surface area contributed by atoms with Crippen LogP contribution in [0.15, 0.2) is 46.2 Å². The Labute approximate surface area is 179 Å². The maximum atomic E-state index is 12.8. The van der Waals surface area contributed by atoms with Gasteiger partial charge in [-0.3, -0.25) is 4.79 Å². The molecule has 0 aliphatic carbocycles. The molecule has 158 valence electrons. The van der Waals surface area contributed by atoms with Crippen molar-refractivity contribution < 1.29 is 18.7 Å². The molecule has 0 spiro atoms. The van der Waals surface area contributed by atoms with Crippen LogP contribution in [0.1, 0.15) is 12.7 Å². The van der Waals surface area contributed by atoms with Gasteiger partial charge in [-0.2, -0.15) is 0 Å². The predicted molar refractivity (Wildman–Crippen MR) is 113 cm³/mol. The van der Waals surface area contributed by atoms with E-state index in [2.05, 4.69) is 10.2 Å². The number of likely N-dealkylation sites (N-methyl/N-ethyl adjacent to an activating group) is 1. The number of nitrogens with zero attached hydrogens (tertiary/aromatic N) is 4. The minimum atomic E-state index is -0.195. The molecule has 0 bridgehead atoms. The fraction of sp³-hybridized carbons (Fsp3) is 0.381. The summed E-state index contributed by atoms with van der Waals surface area (Å²) in [6.45, 7) is 5.34. The number of furan rings is 1. The highest BCUT2D eigenvalue weighted by atomic mass is 32.2. The second kappa shape index (κ2) is 8.83. The number of ether oxygens (including phenoxy) is 2. The molecule has 1 aliphatic rings. The minimum absolute atomic E-state index is 0.0222. The molecule has 1 amide bonds. The van der Waals surface area contributed by atoms with Crippen LogP contribution in [0.4, 0.5) is 0 Å². The second-order valence-electron chi connectivity index (χ2n) is 6.97. The average molecular weight is 429 g/mol. The predicted octanol–water partition coefficient (Wildman–Crippen LogP) is 3.16. The van der Waals surface area contributed by atoms with E-state index in [0.717, 1.165) is 22.9 Å². The third-order valence-corrected chi connectivity index (χ3v) is 5.99. The highest BCUT2D eigenvalue weighted by Gasteiger charge is 2.25. The molecule has 0 fully saturated rings. The molecule has 4 rings (SSSR count). The van der Waals surface area contributed by atoms with Crippen molar-refractivity contribution >= 4 is 17.7 Å². The molecule has 0 saturated carbocycles. The van der Waals surface area contributed by atoms with Crippen molar-refractivity contribution in [3.8, 4) is 22.9 Å². The van der Waals surface area contributed by atoms with Crippen molar-refractivity contribution in [2.75, 3.05) is 25.4 Å². The summed E-state index contributed by atoms with van der Waals surface area (Å²) in [5.41, 5.74) is 0.896. The smallest absolute Gasteiger partial charge is 0.233 e. The van der Waals surface area contributed by atoms with Crippen LogP contribution in [-0.2, 0) is 11.8 Å². The zero-order chi connectivity index (χ0) is 21.1. The van der Waals surface area contributed by atoms with Crippen molar-refractivity contribution in [3.05, 3.63) is 42.4 Å². The van der Waals surface area contributed by atoms with Crippen LogP contribution >= 0.6 is 11.8 Å². The van der Waals surface area contributed by atoms with Gasteiger partial charge in [0.25, 0.3) is 0 Å². The largest absolute Gasteiger partial charge is 0.486 e. The van der Waals surface area contributed by atoms with Gasteiger partial charge in [0.15, 0.2) is 28.6 Å². The fourth-order valence-electron chi connectivity index (χ4n) is 3.32. The molecule has 1 aliphatic heterocycles. The molecule has 8 nitrogen and oxygen atoms in total. The number of carbonyl (C=O) groups is 1. The van der Waals surface area contributed by atoms with E-state index in [9.17, 15) is 4.79 Å². The number of benzene rings is 1. The van der Waals surface area contributed by atoms with Gasteiger partial charge in [-0.15, -0.1) is 10.2 Å². The first kappa shape index (κ1) is 20.3. The number of rotatable bonds is 7. The lowest BCUT2D eigenvalue weighted by Crippen LogP contribution is -2.44. The van der Waals surface area contributed by atoms with E-state index in [1.54, 1.807) is 11.2 Å². The maximum Gasteiger partial charge on any atom is 0.233 e. The quantitative estimate of drug-likeness (QED) is 0.535. The van der Waals surface area contributed by atoms with Crippen LogP contribution < -0.4 is 9.47 Å². The van der Waals surface area contributed by atoms with Gasteiger partial charge < -0.3 is 23.4 Å². The van der Waals surface area contributed by atoms with Gasteiger partial charge in [0.2, 0.25) is 5.91 Å². The van der Waals surface area contributed by atoms with Gasteiger partial charge in [-0.05, 0) is 32.0 Å². The normalized spacial score (nSPS) is 15.2. The number of hydrogen-bond acceptors (Lipinski definition) is 7. The van der Waals surface area contributed by atoms with Gasteiger partial charge in [0, 0.05) is 13.6 Å². The highest BCUT2D eigenvalue weighted by Crippen LogP contribution is 2.31. The number of thioether (sulfide) groups is 1. The number of amides is 1. The zero-order valence-electron chi connectivity index (χ0n) is 17.2. The number of aromatic nitrogens is 3. The first-order valence-corrected chi connectivity index (χ1v) is 10.8. The minimum Gasteiger partial charge on any atom is -0.486 e. The van der Waals surface area contributed by atoms with Crippen LogP contribution in [0.25, 0.3) is 11.4 Å². The molecule has 0 N–H and O–H groups in total. The number of hydrogen-bond donors (Lipinski definition) is 0. The van der Waals surface area contributed by atoms with Crippen molar-refractivity contribution in [1.82, 2.24) is 19.7 Å². The highest BCUT2D eigenvalue weighted by molar-refractivity contribution is 7.99. The standard InChI is InChI=1S/C21H24N4O4S/c1-4-25(11-15-12-28-17-7-5-6-8-18(17)29-15)19(26)13-30-21-23-22-20(24(21)3)16-9-10-27-14(16)2/h5-10,15H,4,11-13H2,1-3H3. The molecule has 30 heavy (non-hydrogen) atoms. The first-order valence-electron chi connectivity index (χ1n) is 9.79. The van der Waals surface area contributed by atoms with E-state index >= 15 is 0 Å². The van der Waals surface area contributed by atoms with Crippen molar-refractivity contribution in [2.24, 2.45) is 7.05 Å². The molecule has 1 atom stereocenters. The van der Waals surface area contributed by atoms with Gasteiger partial charge in [0.05, 0.1) is 24.1 Å². The van der Waals surface area contributed by atoms with E-state index in [0.29, 0.717) is 30.6 Å². The van der Waals surface area contributed by atoms with Gasteiger partial charge in [0.1, 0.15) is 12.4 Å². The molecule has 3 heterocycles. The fourth-order valence-corrected chi connectivity index (χ4v) is 4.13. The molecule has 0 radical (unpaired) electrons. The molecule has 0 saturated heterocycles. The van der Waals surface area contributed by atoms with Crippen LogP contribution in [0.5, 0.6) is 11.5 Å². The SMILES string of the molecule is CCN(CC1COc2ccccc2O1)C(=O)CSc1nnc(-c2ccoc2C)n1C. The summed E-state index contributed by atoms with van der Waals surface area (Å²) in [5.74, 6) is 3.25. The Morgan fingerprint density at radius 1 is 1.27 bits per heavy atom. The molecular formula is C21H24N4O4S. The average Bonchev–Trinajstić information content (AvgIpc) is 3.34. The Kier molecular flexibility index (Phi) is 5.98. The van der Waals surface area contributed by atoms with Crippen LogP contribution in [0.2, 0.25) is 0 Å². The Bertz CT molecular complexity index is 1030. The number of aryl methyl sites for hydroxylation is 1. The van der Waals surface area contributed by atoms with Gasteiger partial charge in [-0.1, -0.05) is 23.9 Å². The molecule has 1 unspecified atom stereocenters. The Balaban J connectivity index is 1.35. The number of para-hydroxylation sites is 2.